The van der Waals surface area contributed by atoms with Gasteiger partial charge in [0.1, 0.15) is 0 Å². The van der Waals surface area contributed by atoms with E-state index in [2.05, 4.69) is 18.7 Å². The van der Waals surface area contributed by atoms with Crippen molar-refractivity contribution in [1.82, 2.24) is 14.7 Å². The molecule has 0 spiro atoms. The van der Waals surface area contributed by atoms with E-state index in [0.29, 0.717) is 6.67 Å². The Kier molecular flexibility index (Phi) is 3.37. The highest BCUT2D eigenvalue weighted by atomic mass is 16.2. The van der Waals surface area contributed by atoms with Crippen LogP contribution in [0.15, 0.2) is 0 Å². The smallest absolute Gasteiger partial charge is 0.243 e. The second-order valence-corrected chi connectivity index (χ2v) is 6.15. The molecule has 0 N–H and O–H groups in total. The molecule has 0 aromatic rings. The summed E-state index contributed by atoms with van der Waals surface area (Å²) in [5.74, 6) is 0.211. The quantitative estimate of drug-likeness (QED) is 0.699. The van der Waals surface area contributed by atoms with E-state index in [1.165, 1.54) is 0 Å². The number of hydrogen-bond acceptors (Lipinski definition) is 3. The van der Waals surface area contributed by atoms with E-state index in [1.807, 2.05) is 44.8 Å². The zero-order chi connectivity index (χ0) is 12.7. The van der Waals surface area contributed by atoms with Crippen LogP contribution in [0.25, 0.3) is 0 Å². The topological polar surface area (TPSA) is 26.8 Å². The number of rotatable bonds is 2. The van der Waals surface area contributed by atoms with Crippen LogP contribution in [0.4, 0.5) is 0 Å². The number of carbonyl (C=O) groups excluding carboxylic acids is 1. The number of piperazine rings is 1. The van der Waals surface area contributed by atoms with E-state index in [-0.39, 0.29) is 11.4 Å². The summed E-state index contributed by atoms with van der Waals surface area (Å²) in [6, 6.07) is 0. The molecule has 16 heavy (non-hydrogen) atoms. The highest BCUT2D eigenvalue weighted by Crippen LogP contribution is 2.31. The van der Waals surface area contributed by atoms with Crippen LogP contribution in [0.3, 0.4) is 0 Å². The van der Waals surface area contributed by atoms with Crippen LogP contribution in [0.2, 0.25) is 0 Å². The predicted molar refractivity (Wildman–Crippen MR) is 66.2 cm³/mol. The Bertz CT molecular complexity index is 284. The van der Waals surface area contributed by atoms with Crippen molar-refractivity contribution in [3.63, 3.8) is 0 Å². The second kappa shape index (κ2) is 4.00. The number of carbonyl (C=O) groups is 1. The minimum atomic E-state index is -0.419. The Balaban J connectivity index is 2.96. The van der Waals surface area contributed by atoms with Crippen molar-refractivity contribution >= 4 is 5.91 Å². The summed E-state index contributed by atoms with van der Waals surface area (Å²) < 4.78 is 0. The van der Waals surface area contributed by atoms with E-state index in [4.69, 9.17) is 0 Å². The minimum Gasteiger partial charge on any atom is -0.326 e. The van der Waals surface area contributed by atoms with Gasteiger partial charge in [-0.25, -0.2) is 0 Å². The van der Waals surface area contributed by atoms with Gasteiger partial charge in [-0.2, -0.15) is 0 Å². The van der Waals surface area contributed by atoms with E-state index in [9.17, 15) is 4.79 Å². The third-order valence-electron chi connectivity index (χ3n) is 3.59. The first-order valence-electron chi connectivity index (χ1n) is 5.77. The summed E-state index contributed by atoms with van der Waals surface area (Å²) in [6.07, 6.45) is 0. The molecule has 0 bridgehead atoms. The van der Waals surface area contributed by atoms with Crippen molar-refractivity contribution in [3.8, 4) is 0 Å². The molecule has 0 aromatic carbocycles. The molecule has 0 radical (unpaired) electrons. The molecule has 0 saturated carbocycles. The molecule has 0 unspecified atom stereocenters. The molecule has 1 amide bonds. The van der Waals surface area contributed by atoms with Crippen molar-refractivity contribution in [2.24, 2.45) is 0 Å². The van der Waals surface area contributed by atoms with Gasteiger partial charge in [0.2, 0.25) is 5.91 Å². The molecule has 1 rings (SSSR count). The molecule has 4 heteroatoms. The third kappa shape index (κ3) is 2.23. The molecule has 1 heterocycles. The van der Waals surface area contributed by atoms with Gasteiger partial charge in [-0.3, -0.25) is 14.6 Å². The molecule has 0 aliphatic carbocycles. The Morgan fingerprint density at radius 3 is 2.19 bits per heavy atom. The standard InChI is InChI=1S/C12H25N3O/c1-11(2)8-15(9-13(5)6)10(16)12(3,4)14(11)7/h8-9H2,1-7H3. The molecule has 1 aliphatic heterocycles. The highest BCUT2D eigenvalue weighted by Gasteiger charge is 2.48. The average molecular weight is 227 g/mol. The van der Waals surface area contributed by atoms with Gasteiger partial charge in [-0.05, 0) is 48.8 Å². The summed E-state index contributed by atoms with van der Waals surface area (Å²) in [5.41, 5.74) is -0.398. The largest absolute Gasteiger partial charge is 0.326 e. The van der Waals surface area contributed by atoms with Crippen LogP contribution in [0.1, 0.15) is 27.7 Å². The lowest BCUT2D eigenvalue weighted by Crippen LogP contribution is -2.70. The summed E-state index contributed by atoms with van der Waals surface area (Å²) in [7, 11) is 6.02. The molecule has 0 aromatic heterocycles. The molecule has 94 valence electrons. The lowest BCUT2D eigenvalue weighted by Gasteiger charge is -2.54. The average Bonchev–Trinajstić information content (AvgIpc) is 2.11. The van der Waals surface area contributed by atoms with Gasteiger partial charge in [0, 0.05) is 12.1 Å². The van der Waals surface area contributed by atoms with Crippen molar-refractivity contribution < 1.29 is 4.79 Å². The first-order chi connectivity index (χ1) is 7.09. The van der Waals surface area contributed by atoms with Crippen LogP contribution in [0.5, 0.6) is 0 Å². The fourth-order valence-corrected chi connectivity index (χ4v) is 2.39. The zero-order valence-corrected chi connectivity index (χ0v) is 11.7. The Hall–Kier alpha value is -0.610. The van der Waals surface area contributed by atoms with Gasteiger partial charge in [0.05, 0.1) is 12.2 Å². The number of nitrogens with zero attached hydrogens (tertiary/aromatic N) is 3. The number of amides is 1. The molecular formula is C12H25N3O. The maximum absolute atomic E-state index is 12.3. The van der Waals surface area contributed by atoms with Crippen molar-refractivity contribution in [1.29, 1.82) is 0 Å². The van der Waals surface area contributed by atoms with E-state index in [0.717, 1.165) is 6.54 Å². The molecule has 0 atom stereocenters. The summed E-state index contributed by atoms with van der Waals surface area (Å²) in [5, 5.41) is 0. The van der Waals surface area contributed by atoms with Gasteiger partial charge >= 0.3 is 0 Å². The molecule has 1 aliphatic rings. The lowest BCUT2D eigenvalue weighted by atomic mass is 9.88. The molecule has 1 saturated heterocycles. The Morgan fingerprint density at radius 2 is 1.75 bits per heavy atom. The number of hydrogen-bond donors (Lipinski definition) is 0. The third-order valence-corrected chi connectivity index (χ3v) is 3.59. The van der Waals surface area contributed by atoms with Gasteiger partial charge in [-0.1, -0.05) is 0 Å². The Morgan fingerprint density at radius 1 is 1.25 bits per heavy atom. The van der Waals surface area contributed by atoms with Crippen LogP contribution in [-0.4, -0.2) is 66.0 Å². The first-order valence-corrected chi connectivity index (χ1v) is 5.77. The minimum absolute atomic E-state index is 0.0212. The normalized spacial score (nSPS) is 25.2. The molecule has 4 nitrogen and oxygen atoms in total. The molecular weight excluding hydrogens is 202 g/mol. The predicted octanol–water partition coefficient (Wildman–Crippen LogP) is 0.837. The van der Waals surface area contributed by atoms with Crippen LogP contribution in [0, 0.1) is 0 Å². The first kappa shape index (κ1) is 13.5. The monoisotopic (exact) mass is 227 g/mol. The number of likely N-dealkylation sites (N-methyl/N-ethyl adjacent to an activating group) is 1. The lowest BCUT2D eigenvalue weighted by molar-refractivity contribution is -0.159. The van der Waals surface area contributed by atoms with Crippen LogP contribution < -0.4 is 0 Å². The molecule has 1 fully saturated rings. The SMILES string of the molecule is CN(C)CN1CC(C)(C)N(C)C(C)(C)C1=O. The fourth-order valence-electron chi connectivity index (χ4n) is 2.39. The van der Waals surface area contributed by atoms with Gasteiger partial charge in [-0.15, -0.1) is 0 Å². The van der Waals surface area contributed by atoms with Gasteiger partial charge in [0.25, 0.3) is 0 Å². The summed E-state index contributed by atoms with van der Waals surface area (Å²) in [4.78, 5) is 18.5. The Labute approximate surface area is 99.2 Å². The maximum atomic E-state index is 12.3. The van der Waals surface area contributed by atoms with E-state index in [1.54, 1.807) is 0 Å². The maximum Gasteiger partial charge on any atom is 0.243 e. The van der Waals surface area contributed by atoms with Gasteiger partial charge < -0.3 is 4.90 Å². The zero-order valence-electron chi connectivity index (χ0n) is 11.7. The highest BCUT2D eigenvalue weighted by molar-refractivity contribution is 5.86. The van der Waals surface area contributed by atoms with Gasteiger partial charge in [0.15, 0.2) is 0 Å². The summed E-state index contributed by atoms with van der Waals surface area (Å²) in [6.45, 7) is 9.84. The fraction of sp³-hybridized carbons (Fsp3) is 0.917. The van der Waals surface area contributed by atoms with Crippen LogP contribution in [-0.2, 0) is 4.79 Å². The van der Waals surface area contributed by atoms with Crippen LogP contribution >= 0.6 is 0 Å². The summed E-state index contributed by atoms with van der Waals surface area (Å²) >= 11 is 0. The van der Waals surface area contributed by atoms with Crippen molar-refractivity contribution in [2.45, 2.75) is 38.8 Å². The van der Waals surface area contributed by atoms with Crippen molar-refractivity contribution in [2.75, 3.05) is 34.4 Å². The van der Waals surface area contributed by atoms with Crippen molar-refractivity contribution in [3.05, 3.63) is 0 Å². The van der Waals surface area contributed by atoms with E-state index >= 15 is 0 Å². The van der Waals surface area contributed by atoms with E-state index < -0.39 is 5.54 Å². The second-order valence-electron chi connectivity index (χ2n) is 6.15.